The third-order valence-corrected chi connectivity index (χ3v) is 5.67. The number of hydrogen-bond donors (Lipinski definition) is 0. The van der Waals surface area contributed by atoms with Crippen LogP contribution in [0.15, 0.2) is 0 Å². The molecule has 2 saturated heterocycles. The van der Waals surface area contributed by atoms with E-state index >= 15 is 0 Å². The predicted octanol–water partition coefficient (Wildman–Crippen LogP) is 2.45. The first-order chi connectivity index (χ1) is 8.08. The topological polar surface area (TPSA) is 6.48 Å². The molecule has 2 heteroatoms. The van der Waals surface area contributed by atoms with Gasteiger partial charge in [0, 0.05) is 32.2 Å². The first-order valence-electron chi connectivity index (χ1n) is 7.51. The summed E-state index contributed by atoms with van der Waals surface area (Å²) in [5, 5.41) is 0. The summed E-state index contributed by atoms with van der Waals surface area (Å²) in [4.78, 5) is 5.18. The van der Waals surface area contributed by atoms with Gasteiger partial charge in [-0.25, -0.2) is 0 Å². The predicted molar refractivity (Wildman–Crippen MR) is 72.1 cm³/mol. The molecule has 2 nitrogen and oxygen atoms in total. The fraction of sp³-hybridized carbons (Fsp3) is 1.00. The Morgan fingerprint density at radius 2 is 1.65 bits per heavy atom. The standard InChI is InChI=1S/C15H28N2/c1-12(2)13-4-6-15(7-5-13)10-17(11-15)14-8-16(3)9-14/h12-14H,4-11H2,1-3H3. The lowest BCUT2D eigenvalue weighted by Crippen LogP contribution is -2.68. The van der Waals surface area contributed by atoms with Crippen molar-refractivity contribution in [2.45, 2.75) is 45.6 Å². The minimum atomic E-state index is 0.750. The monoisotopic (exact) mass is 236 g/mol. The van der Waals surface area contributed by atoms with E-state index in [1.807, 2.05) is 0 Å². The zero-order chi connectivity index (χ0) is 12.0. The Morgan fingerprint density at radius 1 is 1.06 bits per heavy atom. The van der Waals surface area contributed by atoms with E-state index in [1.165, 1.54) is 51.9 Å². The summed E-state index contributed by atoms with van der Waals surface area (Å²) in [5.74, 6) is 1.92. The average molecular weight is 236 g/mol. The van der Waals surface area contributed by atoms with E-state index in [0.29, 0.717) is 0 Å². The van der Waals surface area contributed by atoms with Gasteiger partial charge in [-0.2, -0.15) is 0 Å². The second kappa shape index (κ2) is 4.24. The highest BCUT2D eigenvalue weighted by Crippen LogP contribution is 2.48. The third-order valence-electron chi connectivity index (χ3n) is 5.67. The summed E-state index contributed by atoms with van der Waals surface area (Å²) in [5.41, 5.74) is 0.750. The molecule has 0 aromatic heterocycles. The van der Waals surface area contributed by atoms with E-state index in [2.05, 4.69) is 30.7 Å². The van der Waals surface area contributed by atoms with E-state index in [9.17, 15) is 0 Å². The van der Waals surface area contributed by atoms with Crippen LogP contribution in [-0.4, -0.2) is 49.1 Å². The summed E-state index contributed by atoms with van der Waals surface area (Å²) >= 11 is 0. The minimum Gasteiger partial charge on any atom is -0.303 e. The van der Waals surface area contributed by atoms with Gasteiger partial charge in [-0.15, -0.1) is 0 Å². The normalized spacial score (nSPS) is 31.8. The zero-order valence-electron chi connectivity index (χ0n) is 11.8. The highest BCUT2D eigenvalue weighted by atomic mass is 15.3. The van der Waals surface area contributed by atoms with Crippen molar-refractivity contribution < 1.29 is 0 Å². The van der Waals surface area contributed by atoms with E-state index in [0.717, 1.165) is 23.3 Å². The fourth-order valence-corrected chi connectivity index (χ4v) is 4.21. The fourth-order valence-electron chi connectivity index (χ4n) is 4.21. The molecule has 0 amide bonds. The Hall–Kier alpha value is -0.0800. The SMILES string of the molecule is CC(C)C1CCC2(CC1)CN(C1CN(C)C1)C2. The van der Waals surface area contributed by atoms with Gasteiger partial charge in [0.15, 0.2) is 0 Å². The smallest absolute Gasteiger partial charge is 0.0350 e. The minimum absolute atomic E-state index is 0.750. The summed E-state index contributed by atoms with van der Waals surface area (Å²) < 4.78 is 0. The van der Waals surface area contributed by atoms with E-state index in [4.69, 9.17) is 0 Å². The van der Waals surface area contributed by atoms with Crippen LogP contribution in [0.5, 0.6) is 0 Å². The maximum atomic E-state index is 2.75. The lowest BCUT2D eigenvalue weighted by Gasteiger charge is -2.59. The summed E-state index contributed by atoms with van der Waals surface area (Å²) in [6.07, 6.45) is 6.01. The molecule has 17 heavy (non-hydrogen) atoms. The molecule has 1 aliphatic carbocycles. The van der Waals surface area contributed by atoms with Gasteiger partial charge in [0.05, 0.1) is 0 Å². The molecule has 0 bridgehead atoms. The molecule has 2 heterocycles. The third kappa shape index (κ3) is 2.15. The van der Waals surface area contributed by atoms with Crippen LogP contribution >= 0.6 is 0 Å². The van der Waals surface area contributed by atoms with Gasteiger partial charge in [0.2, 0.25) is 0 Å². The lowest BCUT2D eigenvalue weighted by molar-refractivity contribution is -0.0978. The Balaban J connectivity index is 1.45. The number of likely N-dealkylation sites (tertiary alicyclic amines) is 2. The van der Waals surface area contributed by atoms with Crippen LogP contribution in [0.1, 0.15) is 39.5 Å². The number of hydrogen-bond acceptors (Lipinski definition) is 2. The van der Waals surface area contributed by atoms with Crippen molar-refractivity contribution in [3.8, 4) is 0 Å². The number of nitrogens with zero attached hydrogens (tertiary/aromatic N) is 2. The van der Waals surface area contributed by atoms with Crippen molar-refractivity contribution in [1.82, 2.24) is 9.80 Å². The summed E-state index contributed by atoms with van der Waals surface area (Å²) in [7, 11) is 2.24. The van der Waals surface area contributed by atoms with Crippen molar-refractivity contribution in [2.75, 3.05) is 33.2 Å². The first-order valence-corrected chi connectivity index (χ1v) is 7.51. The van der Waals surface area contributed by atoms with Gasteiger partial charge in [-0.1, -0.05) is 13.8 Å². The van der Waals surface area contributed by atoms with Gasteiger partial charge in [0.25, 0.3) is 0 Å². The van der Waals surface area contributed by atoms with Crippen LogP contribution < -0.4 is 0 Å². The van der Waals surface area contributed by atoms with Gasteiger partial charge >= 0.3 is 0 Å². The second-order valence-corrected chi connectivity index (χ2v) is 7.36. The van der Waals surface area contributed by atoms with Gasteiger partial charge < -0.3 is 4.90 Å². The molecular weight excluding hydrogens is 208 g/mol. The maximum Gasteiger partial charge on any atom is 0.0350 e. The molecule has 3 rings (SSSR count). The molecule has 0 unspecified atom stereocenters. The molecule has 0 aromatic carbocycles. The molecule has 3 aliphatic rings. The highest BCUT2D eigenvalue weighted by molar-refractivity contribution is 5.02. The quantitative estimate of drug-likeness (QED) is 0.726. The molecule has 2 aliphatic heterocycles. The van der Waals surface area contributed by atoms with Crippen molar-refractivity contribution in [3.63, 3.8) is 0 Å². The zero-order valence-corrected chi connectivity index (χ0v) is 11.8. The highest BCUT2D eigenvalue weighted by Gasteiger charge is 2.48. The molecule has 0 N–H and O–H groups in total. The van der Waals surface area contributed by atoms with Gasteiger partial charge in [-0.3, -0.25) is 4.90 Å². The van der Waals surface area contributed by atoms with Crippen LogP contribution in [0.3, 0.4) is 0 Å². The lowest BCUT2D eigenvalue weighted by atomic mass is 9.63. The molecule has 98 valence electrons. The van der Waals surface area contributed by atoms with Crippen molar-refractivity contribution in [1.29, 1.82) is 0 Å². The molecule has 3 fully saturated rings. The molecular formula is C15H28N2. The first kappa shape index (κ1) is 12.0. The molecule has 0 atom stereocenters. The van der Waals surface area contributed by atoms with Crippen molar-refractivity contribution in [3.05, 3.63) is 0 Å². The molecule has 0 aromatic rings. The van der Waals surface area contributed by atoms with Crippen molar-refractivity contribution >= 4 is 0 Å². The van der Waals surface area contributed by atoms with Gasteiger partial charge in [-0.05, 0) is 50.0 Å². The largest absolute Gasteiger partial charge is 0.303 e. The van der Waals surface area contributed by atoms with Crippen LogP contribution in [0.2, 0.25) is 0 Å². The van der Waals surface area contributed by atoms with E-state index < -0.39 is 0 Å². The van der Waals surface area contributed by atoms with E-state index in [1.54, 1.807) is 0 Å². The molecule has 1 saturated carbocycles. The van der Waals surface area contributed by atoms with Crippen LogP contribution in [0.25, 0.3) is 0 Å². The van der Waals surface area contributed by atoms with E-state index in [-0.39, 0.29) is 0 Å². The van der Waals surface area contributed by atoms with Crippen LogP contribution in [0, 0.1) is 17.3 Å². The van der Waals surface area contributed by atoms with Crippen molar-refractivity contribution in [2.24, 2.45) is 17.3 Å². The van der Waals surface area contributed by atoms with Crippen LogP contribution in [0.4, 0.5) is 0 Å². The number of rotatable bonds is 2. The summed E-state index contributed by atoms with van der Waals surface area (Å²) in [6.45, 7) is 10.3. The Kier molecular flexibility index (Phi) is 2.99. The molecule has 1 spiro atoms. The van der Waals surface area contributed by atoms with Gasteiger partial charge in [0.1, 0.15) is 0 Å². The second-order valence-electron chi connectivity index (χ2n) is 7.36. The average Bonchev–Trinajstić information content (AvgIpc) is 2.22. The Bertz CT molecular complexity index is 265. The Labute approximate surface area is 106 Å². The van der Waals surface area contributed by atoms with Crippen LogP contribution in [-0.2, 0) is 0 Å². The Morgan fingerprint density at radius 3 is 2.12 bits per heavy atom. The summed E-state index contributed by atoms with van der Waals surface area (Å²) in [6, 6.07) is 0.897. The molecule has 0 radical (unpaired) electrons. The maximum absolute atomic E-state index is 2.75. The number of likely N-dealkylation sites (N-methyl/N-ethyl adjacent to an activating group) is 1.